The average Bonchev–Trinajstić information content (AvgIpc) is 2.77. The van der Waals surface area contributed by atoms with Crippen LogP contribution in [0.5, 0.6) is 0 Å². The first kappa shape index (κ1) is 22.1. The maximum atomic E-state index is 14.6. The van der Waals surface area contributed by atoms with E-state index in [1.165, 1.54) is 29.3 Å². The van der Waals surface area contributed by atoms with Crippen LogP contribution < -0.4 is 4.90 Å². The predicted molar refractivity (Wildman–Crippen MR) is 110 cm³/mol. The minimum absolute atomic E-state index is 0.0303. The molecule has 0 saturated heterocycles. The highest BCUT2D eigenvalue weighted by Crippen LogP contribution is 2.26. The molecule has 0 bridgehead atoms. The second kappa shape index (κ2) is 9.51. The Balaban J connectivity index is 1.70. The molecule has 0 spiro atoms. The zero-order valence-electron chi connectivity index (χ0n) is 17.0. The molecule has 0 aliphatic carbocycles. The van der Waals surface area contributed by atoms with Crippen LogP contribution >= 0.6 is 0 Å². The van der Waals surface area contributed by atoms with Gasteiger partial charge in [-0.1, -0.05) is 13.0 Å². The highest BCUT2D eigenvalue weighted by Gasteiger charge is 2.14. The number of amides is 1. The Kier molecular flexibility index (Phi) is 6.79. The second-order valence-electron chi connectivity index (χ2n) is 6.91. The number of hydrogen-bond acceptors (Lipinski definition) is 4. The van der Waals surface area contributed by atoms with Crippen LogP contribution in [0.3, 0.4) is 0 Å². The number of halogens is 3. The second-order valence-corrected chi connectivity index (χ2v) is 6.91. The number of nitrogens with zero attached hydrogens (tertiary/aromatic N) is 3. The zero-order chi connectivity index (χ0) is 22.5. The van der Waals surface area contributed by atoms with Crippen molar-refractivity contribution in [3.8, 4) is 11.1 Å². The first-order valence-corrected chi connectivity index (χ1v) is 9.66. The summed E-state index contributed by atoms with van der Waals surface area (Å²) in [5.41, 5.74) is 1.49. The number of aromatic nitrogens is 2. The van der Waals surface area contributed by atoms with Crippen molar-refractivity contribution < 1.29 is 22.8 Å². The number of aryl methyl sites for hydroxylation is 1. The molecule has 2 aromatic heterocycles. The van der Waals surface area contributed by atoms with Crippen LogP contribution in [0, 0.1) is 17.7 Å². The molecular formula is C23H20F3N3O2. The molecule has 0 aliphatic rings. The van der Waals surface area contributed by atoms with Crippen molar-refractivity contribution in [3.05, 3.63) is 77.6 Å². The third kappa shape index (κ3) is 5.14. The van der Waals surface area contributed by atoms with E-state index in [2.05, 4.69) is 9.97 Å². The molecule has 8 heteroatoms. The van der Waals surface area contributed by atoms with Crippen molar-refractivity contribution in [2.75, 3.05) is 11.9 Å². The highest BCUT2D eigenvalue weighted by molar-refractivity contribution is 5.95. The normalized spacial score (nSPS) is 10.7. The number of carbonyl (C=O) groups is 2. The summed E-state index contributed by atoms with van der Waals surface area (Å²) in [6.07, 6.45) is 1.72. The Morgan fingerprint density at radius 2 is 1.81 bits per heavy atom. The van der Waals surface area contributed by atoms with Crippen LogP contribution in [0.2, 0.25) is 0 Å². The molecular weight excluding hydrogens is 407 g/mol. The maximum Gasteiger partial charge on any atom is 0.226 e. The third-order valence-electron chi connectivity index (χ3n) is 4.89. The van der Waals surface area contributed by atoms with Gasteiger partial charge >= 0.3 is 0 Å². The van der Waals surface area contributed by atoms with Crippen molar-refractivity contribution in [1.29, 1.82) is 0 Å². The smallest absolute Gasteiger partial charge is 0.226 e. The minimum Gasteiger partial charge on any atom is -0.315 e. The largest absolute Gasteiger partial charge is 0.315 e. The molecule has 2 heterocycles. The Morgan fingerprint density at radius 3 is 2.42 bits per heavy atom. The van der Waals surface area contributed by atoms with E-state index < -0.39 is 17.7 Å². The first-order chi connectivity index (χ1) is 14.8. The summed E-state index contributed by atoms with van der Waals surface area (Å²) < 4.78 is 41.0. The molecule has 0 N–H and O–H groups in total. The van der Waals surface area contributed by atoms with Crippen LogP contribution in [0.4, 0.5) is 18.9 Å². The molecule has 0 atom stereocenters. The molecule has 0 fully saturated rings. The molecule has 160 valence electrons. The van der Waals surface area contributed by atoms with Crippen LogP contribution in [0.1, 0.15) is 35.8 Å². The van der Waals surface area contributed by atoms with Crippen LogP contribution in [-0.2, 0) is 11.2 Å². The Morgan fingerprint density at radius 1 is 1.03 bits per heavy atom. The summed E-state index contributed by atoms with van der Waals surface area (Å²) in [6.45, 7) is 1.73. The molecule has 3 aromatic rings. The molecule has 31 heavy (non-hydrogen) atoms. The average molecular weight is 427 g/mol. The van der Waals surface area contributed by atoms with E-state index in [1.54, 1.807) is 32.2 Å². The van der Waals surface area contributed by atoms with E-state index >= 15 is 0 Å². The summed E-state index contributed by atoms with van der Waals surface area (Å²) in [7, 11) is 1.58. The molecule has 5 nitrogen and oxygen atoms in total. The lowest BCUT2D eigenvalue weighted by Gasteiger charge is -2.17. The molecule has 3 rings (SSSR count). The number of ketones is 1. The van der Waals surface area contributed by atoms with Crippen molar-refractivity contribution in [2.45, 2.75) is 26.2 Å². The number of hydrogen-bond donors (Lipinski definition) is 0. The summed E-state index contributed by atoms with van der Waals surface area (Å²) in [4.78, 5) is 32.7. The number of anilines is 1. The predicted octanol–water partition coefficient (Wildman–Crippen LogP) is 4.75. The highest BCUT2D eigenvalue weighted by atomic mass is 19.1. The summed E-state index contributed by atoms with van der Waals surface area (Å²) in [5, 5.41) is 0. The lowest BCUT2D eigenvalue weighted by atomic mass is 10.0. The minimum atomic E-state index is -0.943. The van der Waals surface area contributed by atoms with Crippen molar-refractivity contribution >= 4 is 17.4 Å². The Hall–Kier alpha value is -3.55. The Bertz CT molecular complexity index is 1120. The lowest BCUT2D eigenvalue weighted by Crippen LogP contribution is -2.25. The fourth-order valence-corrected chi connectivity index (χ4v) is 3.05. The van der Waals surface area contributed by atoms with Crippen molar-refractivity contribution in [3.63, 3.8) is 0 Å². The summed E-state index contributed by atoms with van der Waals surface area (Å²) in [5.74, 6) is -2.85. The van der Waals surface area contributed by atoms with Crippen LogP contribution in [0.15, 0.2) is 48.7 Å². The van der Waals surface area contributed by atoms with Crippen molar-refractivity contribution in [1.82, 2.24) is 9.97 Å². The van der Waals surface area contributed by atoms with Gasteiger partial charge in [0.1, 0.15) is 11.5 Å². The van der Waals surface area contributed by atoms with Gasteiger partial charge in [0.2, 0.25) is 17.8 Å². The van der Waals surface area contributed by atoms with E-state index in [0.717, 1.165) is 6.07 Å². The number of carbonyl (C=O) groups excluding carboxylic acids is 2. The van der Waals surface area contributed by atoms with E-state index in [4.69, 9.17) is 0 Å². The maximum absolute atomic E-state index is 14.6. The monoisotopic (exact) mass is 427 g/mol. The Labute approximate surface area is 177 Å². The molecule has 0 aliphatic heterocycles. The molecule has 1 aromatic carbocycles. The number of pyridine rings is 2. The number of benzene rings is 1. The van der Waals surface area contributed by atoms with E-state index in [-0.39, 0.29) is 41.4 Å². The summed E-state index contributed by atoms with van der Waals surface area (Å²) >= 11 is 0. The fraction of sp³-hybridized carbons (Fsp3) is 0.217. The summed E-state index contributed by atoms with van der Waals surface area (Å²) in [6, 6.07) is 9.78. The van der Waals surface area contributed by atoms with E-state index in [0.29, 0.717) is 17.7 Å². The third-order valence-corrected chi connectivity index (χ3v) is 4.89. The van der Waals surface area contributed by atoms with Crippen LogP contribution in [0.25, 0.3) is 11.1 Å². The van der Waals surface area contributed by atoms with E-state index in [1.807, 2.05) is 0 Å². The molecule has 0 radical (unpaired) electrons. The first-order valence-electron chi connectivity index (χ1n) is 9.66. The van der Waals surface area contributed by atoms with E-state index in [9.17, 15) is 22.8 Å². The van der Waals surface area contributed by atoms with Crippen LogP contribution in [-0.4, -0.2) is 28.7 Å². The molecule has 0 saturated carbocycles. The lowest BCUT2D eigenvalue weighted by molar-refractivity contribution is -0.118. The number of rotatable bonds is 7. The van der Waals surface area contributed by atoms with Gasteiger partial charge in [-0.3, -0.25) is 14.6 Å². The zero-order valence-corrected chi connectivity index (χ0v) is 17.0. The quantitative estimate of drug-likeness (QED) is 0.403. The number of Topliss-reactive ketones (excluding diaryl/α,β-unsaturated/α-hetero) is 1. The van der Waals surface area contributed by atoms with Gasteiger partial charge in [0.25, 0.3) is 0 Å². The van der Waals surface area contributed by atoms with Gasteiger partial charge in [-0.05, 0) is 42.8 Å². The fourth-order valence-electron chi connectivity index (χ4n) is 3.05. The van der Waals surface area contributed by atoms with Gasteiger partial charge in [-0.2, -0.15) is 13.8 Å². The topological polar surface area (TPSA) is 63.2 Å². The standard InChI is InChI=1S/C23H20F3N3O2/c1-3-22(31)29(2)16-7-8-17(18(24)12-16)15-4-9-19(27-13-15)20(30)10-5-14-6-11-21(25)28-23(14)26/h4,6-9,11-13H,3,5,10H2,1-2H3. The van der Waals surface area contributed by atoms with Crippen molar-refractivity contribution in [2.24, 2.45) is 0 Å². The van der Waals surface area contributed by atoms with Gasteiger partial charge in [-0.25, -0.2) is 4.39 Å². The van der Waals surface area contributed by atoms with Gasteiger partial charge in [0.15, 0.2) is 5.78 Å². The molecule has 0 unspecified atom stereocenters. The SMILES string of the molecule is CCC(=O)N(C)c1ccc(-c2ccc(C(=O)CCc3ccc(F)nc3F)nc2)c(F)c1. The van der Waals surface area contributed by atoms with Gasteiger partial charge in [0, 0.05) is 48.5 Å². The molecule has 1 amide bonds. The van der Waals surface area contributed by atoms with Gasteiger partial charge in [0.05, 0.1) is 0 Å². The van der Waals surface area contributed by atoms with Gasteiger partial charge < -0.3 is 4.90 Å². The van der Waals surface area contributed by atoms with Gasteiger partial charge in [-0.15, -0.1) is 0 Å².